The van der Waals surface area contributed by atoms with Crippen molar-refractivity contribution in [3.63, 3.8) is 0 Å². The van der Waals surface area contributed by atoms with E-state index in [1.165, 1.54) is 60.7 Å². The highest BCUT2D eigenvalue weighted by Gasteiger charge is 2.41. The van der Waals surface area contributed by atoms with Crippen molar-refractivity contribution in [1.82, 2.24) is 9.13 Å². The van der Waals surface area contributed by atoms with Crippen LogP contribution in [0.2, 0.25) is 0 Å². The van der Waals surface area contributed by atoms with Gasteiger partial charge >= 0.3 is 30.9 Å². The van der Waals surface area contributed by atoms with Gasteiger partial charge in [-0.05, 0) is 119 Å². The molecule has 80 heavy (non-hydrogen) atoms. The molecule has 0 atom stereocenters. The van der Waals surface area contributed by atoms with E-state index in [0.717, 1.165) is 24.3 Å². The molecule has 0 bridgehead atoms. The van der Waals surface area contributed by atoms with E-state index in [1.807, 2.05) is 6.07 Å². The molecule has 0 radical (unpaired) electrons. The van der Waals surface area contributed by atoms with Crippen molar-refractivity contribution in [2.24, 2.45) is 0 Å². The molecule has 2 heterocycles. The first-order valence-corrected chi connectivity index (χ1v) is 23.7. The highest BCUT2D eigenvalue weighted by atomic mass is 19.4. The molecule has 0 fully saturated rings. The van der Waals surface area contributed by atoms with Crippen molar-refractivity contribution in [3.05, 3.63) is 215 Å². The Balaban J connectivity index is 1.22. The molecule has 0 amide bonds. The number of halogens is 15. The maximum Gasteiger partial charge on any atom is 0.417 e. The quantitative estimate of drug-likeness (QED) is 0.156. The molecule has 2 aromatic heterocycles. The normalized spacial score (nSPS) is 12.7. The Morgan fingerprint density at radius 3 is 1.14 bits per heavy atom. The topological polar surface area (TPSA) is 57.4 Å². The van der Waals surface area contributed by atoms with Crippen LogP contribution in [0.5, 0.6) is 0 Å². The smallest absolute Gasteiger partial charge is 0.309 e. The summed E-state index contributed by atoms with van der Waals surface area (Å²) in [5, 5.41) is 23.1. The molecule has 19 heteroatoms. The van der Waals surface area contributed by atoms with Crippen LogP contribution in [-0.4, -0.2) is 9.13 Å². The van der Waals surface area contributed by atoms with Gasteiger partial charge in [-0.2, -0.15) is 76.4 Å². The van der Waals surface area contributed by atoms with E-state index in [1.54, 1.807) is 69.8 Å². The molecule has 0 aliphatic heterocycles. The van der Waals surface area contributed by atoms with Crippen LogP contribution in [0.4, 0.5) is 65.9 Å². The lowest BCUT2D eigenvalue weighted by molar-refractivity contribution is -0.144. The number of nitriles is 2. The lowest BCUT2D eigenvalue weighted by Crippen LogP contribution is -2.12. The van der Waals surface area contributed by atoms with Crippen molar-refractivity contribution in [1.29, 1.82) is 10.5 Å². The predicted octanol–water partition coefficient (Wildman–Crippen LogP) is 19.4. The summed E-state index contributed by atoms with van der Waals surface area (Å²) in [5.41, 5.74) is -7.05. The number of aromatic nitrogens is 2. The van der Waals surface area contributed by atoms with E-state index in [9.17, 15) is 76.4 Å². The van der Waals surface area contributed by atoms with Crippen molar-refractivity contribution >= 4 is 43.6 Å². The largest absolute Gasteiger partial charge is 0.417 e. The average molecular weight is 1100 g/mol. The van der Waals surface area contributed by atoms with Gasteiger partial charge in [-0.3, -0.25) is 0 Å². The highest BCUT2D eigenvalue weighted by Crippen LogP contribution is 2.50. The van der Waals surface area contributed by atoms with Gasteiger partial charge in [0.25, 0.3) is 0 Å². The Morgan fingerprint density at radius 2 is 0.700 bits per heavy atom. The third kappa shape index (κ3) is 8.88. The molecule has 4 nitrogen and oxygen atoms in total. The number of benzene rings is 9. The van der Waals surface area contributed by atoms with Crippen molar-refractivity contribution in [3.8, 4) is 68.0 Å². The summed E-state index contributed by atoms with van der Waals surface area (Å²) in [4.78, 5) is 0. The van der Waals surface area contributed by atoms with Gasteiger partial charge in [0.1, 0.15) is 0 Å². The molecule has 398 valence electrons. The van der Waals surface area contributed by atoms with Gasteiger partial charge in [-0.1, -0.05) is 84.9 Å². The number of hydrogen-bond donors (Lipinski definition) is 0. The molecule has 11 aromatic rings. The number of para-hydroxylation sites is 2. The second-order valence-corrected chi connectivity index (χ2v) is 18.6. The summed E-state index contributed by atoms with van der Waals surface area (Å²) < 4.78 is 217. The van der Waals surface area contributed by atoms with Gasteiger partial charge in [-0.15, -0.1) is 0 Å². The highest BCUT2D eigenvalue weighted by molar-refractivity contribution is 6.14. The predicted molar refractivity (Wildman–Crippen MR) is 271 cm³/mol. The lowest BCUT2D eigenvalue weighted by atomic mass is 9.87. The third-order valence-corrected chi connectivity index (χ3v) is 14.0. The van der Waals surface area contributed by atoms with E-state index < -0.39 is 75.4 Å². The Bertz CT molecular complexity index is 4440. The van der Waals surface area contributed by atoms with Crippen LogP contribution in [0.3, 0.4) is 0 Å². The summed E-state index contributed by atoms with van der Waals surface area (Å²) in [6.45, 7) is 0. The minimum atomic E-state index is -5.23. The number of alkyl halides is 15. The van der Waals surface area contributed by atoms with Gasteiger partial charge in [0, 0.05) is 38.2 Å². The van der Waals surface area contributed by atoms with E-state index in [4.69, 9.17) is 0 Å². The van der Waals surface area contributed by atoms with E-state index in [2.05, 4.69) is 6.07 Å². The maximum absolute atomic E-state index is 14.6. The molecule has 0 aliphatic rings. The zero-order valence-corrected chi connectivity index (χ0v) is 40.2. The van der Waals surface area contributed by atoms with Crippen LogP contribution < -0.4 is 0 Å². The van der Waals surface area contributed by atoms with Gasteiger partial charge in [0.05, 0.1) is 84.5 Å². The standard InChI is InChI=1S/C61H29F15N4/c62-57(63,64)36-17-20-39(35(25-36)31-78)44-10-6-14-54(80-50-12-4-2-9-43(50)46-27-33(16-24-52(46)80)41-22-19-38(59(68,69)70)29-48(41)61(74,75)76)56(44)55-34(30-77)7-5-13-53(55)79-49-11-3-1-8-42(49)45-26-32(15-23-51(45)79)40-21-18-37(58(65,66)67)28-47(40)60(71,72)73/h1-29H. The molecular weight excluding hydrogens is 1070 g/mol. The van der Waals surface area contributed by atoms with E-state index >= 15 is 0 Å². The summed E-state index contributed by atoms with van der Waals surface area (Å²) in [6.07, 6.45) is -25.6. The molecule has 0 unspecified atom stereocenters. The van der Waals surface area contributed by atoms with Gasteiger partial charge in [0.15, 0.2) is 0 Å². The fourth-order valence-electron chi connectivity index (χ4n) is 10.6. The van der Waals surface area contributed by atoms with Crippen molar-refractivity contribution in [2.45, 2.75) is 30.9 Å². The first kappa shape index (κ1) is 52.6. The summed E-state index contributed by atoms with van der Waals surface area (Å²) in [7, 11) is 0. The molecular formula is C61H29F15N4. The average Bonchev–Trinajstić information content (AvgIpc) is 4.13. The van der Waals surface area contributed by atoms with Gasteiger partial charge < -0.3 is 9.13 Å². The number of nitrogens with zero attached hydrogens (tertiary/aromatic N) is 4. The molecule has 0 saturated heterocycles. The molecule has 0 spiro atoms. The molecule has 11 rings (SSSR count). The Hall–Kier alpha value is -9.49. The summed E-state index contributed by atoms with van der Waals surface area (Å²) in [6, 6.07) is 39.9. The van der Waals surface area contributed by atoms with Crippen molar-refractivity contribution < 1.29 is 65.9 Å². The fraction of sp³-hybridized carbons (Fsp3) is 0.0820. The molecule has 0 aliphatic carbocycles. The lowest BCUT2D eigenvalue weighted by Gasteiger charge is -2.23. The molecule has 9 aromatic carbocycles. The first-order valence-electron chi connectivity index (χ1n) is 23.7. The van der Waals surface area contributed by atoms with Gasteiger partial charge in [0.2, 0.25) is 0 Å². The summed E-state index contributed by atoms with van der Waals surface area (Å²) in [5.74, 6) is 0. The van der Waals surface area contributed by atoms with Crippen LogP contribution >= 0.6 is 0 Å². The van der Waals surface area contributed by atoms with Gasteiger partial charge in [-0.25, -0.2) is 0 Å². The third-order valence-electron chi connectivity index (χ3n) is 14.0. The van der Waals surface area contributed by atoms with Crippen LogP contribution in [0, 0.1) is 22.7 Å². The maximum atomic E-state index is 14.6. The second kappa shape index (κ2) is 18.6. The number of rotatable bonds is 6. The first-order chi connectivity index (χ1) is 37.8. The Morgan fingerprint density at radius 1 is 0.300 bits per heavy atom. The van der Waals surface area contributed by atoms with E-state index in [-0.39, 0.29) is 62.5 Å². The SMILES string of the molecule is N#Cc1cc(C(F)(F)F)ccc1-c1cccc(-n2c3ccccc3c3cc(-c4ccc(C(F)(F)F)cc4C(F)(F)F)ccc32)c1-c1c(C#N)cccc1-n1c2ccccc2c2cc(-c3ccc(C(F)(F)F)cc3C(F)(F)F)ccc21. The number of hydrogen-bond acceptors (Lipinski definition) is 2. The van der Waals surface area contributed by atoms with Crippen LogP contribution in [0.15, 0.2) is 176 Å². The fourth-order valence-corrected chi connectivity index (χ4v) is 10.6. The summed E-state index contributed by atoms with van der Waals surface area (Å²) >= 11 is 0. The zero-order valence-electron chi connectivity index (χ0n) is 40.2. The minimum Gasteiger partial charge on any atom is -0.309 e. The Labute approximate surface area is 441 Å². The second-order valence-electron chi connectivity index (χ2n) is 18.6. The molecule has 0 saturated carbocycles. The van der Waals surface area contributed by atoms with Crippen molar-refractivity contribution in [2.75, 3.05) is 0 Å². The van der Waals surface area contributed by atoms with Crippen LogP contribution in [0.1, 0.15) is 38.9 Å². The Kier molecular flexibility index (Phi) is 12.2. The zero-order chi connectivity index (χ0) is 57.0. The molecule has 0 N–H and O–H groups in total. The number of fused-ring (bicyclic) bond motifs is 6. The van der Waals surface area contributed by atoms with Crippen LogP contribution in [0.25, 0.3) is 99.5 Å². The van der Waals surface area contributed by atoms with Crippen LogP contribution in [-0.2, 0) is 30.9 Å². The monoisotopic (exact) mass is 1100 g/mol. The minimum absolute atomic E-state index is 0.0284. The van der Waals surface area contributed by atoms with E-state index in [0.29, 0.717) is 61.8 Å².